The van der Waals surface area contributed by atoms with Gasteiger partial charge in [0.15, 0.2) is 8.32 Å². The van der Waals surface area contributed by atoms with Crippen LogP contribution >= 0.6 is 0 Å². The number of imidazole rings is 1. The second-order valence-corrected chi connectivity index (χ2v) is 16.9. The minimum absolute atomic E-state index is 0.0111. The lowest BCUT2D eigenvalue weighted by Gasteiger charge is -2.43. The van der Waals surface area contributed by atoms with Gasteiger partial charge in [-0.25, -0.2) is 4.98 Å². The fourth-order valence-electron chi connectivity index (χ4n) is 6.78. The molecule has 1 aromatic carbocycles. The van der Waals surface area contributed by atoms with Crippen molar-refractivity contribution < 1.29 is 14.0 Å². The van der Waals surface area contributed by atoms with Gasteiger partial charge in [0.05, 0.1) is 17.6 Å². The molecule has 2 heterocycles. The Hall–Kier alpha value is -1.90. The molecule has 2 N–H and O–H groups in total. The van der Waals surface area contributed by atoms with E-state index in [9.17, 15) is 4.79 Å². The number of fused-ring (bicyclic) bond motifs is 1. The predicted molar refractivity (Wildman–Crippen MR) is 145 cm³/mol. The fraction of sp³-hybridized carbons (Fsp3) is 0.704. The zero-order chi connectivity index (χ0) is 25.3. The highest BCUT2D eigenvalue weighted by molar-refractivity contribution is 6.77. The number of nitrogens with two attached hydrogens (primary N) is 1. The molecule has 0 atom stereocenters. The van der Waals surface area contributed by atoms with Crippen molar-refractivity contribution in [3.05, 3.63) is 18.2 Å². The molecular formula is C27H44N4O3Si. The molecular weight excluding hydrogens is 456 g/mol. The van der Waals surface area contributed by atoms with Crippen molar-refractivity contribution in [1.29, 1.82) is 0 Å². The van der Waals surface area contributed by atoms with Crippen molar-refractivity contribution in [3.63, 3.8) is 0 Å². The van der Waals surface area contributed by atoms with E-state index in [0.717, 1.165) is 49.0 Å². The number of aromatic nitrogens is 2. The Balaban J connectivity index is 1.43. The number of rotatable bonds is 8. The Morgan fingerprint density at radius 1 is 1.09 bits per heavy atom. The average Bonchev–Trinajstić information content (AvgIpc) is 3.14. The number of carbonyl (C=O) groups excluding carboxylic acids is 1. The summed E-state index contributed by atoms with van der Waals surface area (Å²) in [6.07, 6.45) is 4.49. The second-order valence-electron chi connectivity index (χ2n) is 11.4. The maximum Gasteiger partial charge on any atom is 0.253 e. The van der Waals surface area contributed by atoms with Gasteiger partial charge in [-0.2, -0.15) is 0 Å². The van der Waals surface area contributed by atoms with Crippen LogP contribution in [-0.4, -0.2) is 50.1 Å². The first kappa shape index (κ1) is 26.2. The van der Waals surface area contributed by atoms with Gasteiger partial charge in [0.1, 0.15) is 6.61 Å². The maximum absolute atomic E-state index is 12.3. The SMILES string of the molecule is CC(C)[Si](OCC1CCC(n2c(N)nc3cc(N4CCOCC4=O)ccc32)CC1)(C(C)C)C(C)C. The van der Waals surface area contributed by atoms with Gasteiger partial charge in [0.2, 0.25) is 5.95 Å². The van der Waals surface area contributed by atoms with Crippen LogP contribution in [0.25, 0.3) is 11.0 Å². The van der Waals surface area contributed by atoms with E-state index in [0.29, 0.717) is 47.7 Å². The van der Waals surface area contributed by atoms with Crippen LogP contribution in [0.1, 0.15) is 73.3 Å². The van der Waals surface area contributed by atoms with Gasteiger partial charge in [-0.15, -0.1) is 0 Å². The normalized spacial score (nSPS) is 22.2. The van der Waals surface area contributed by atoms with Crippen molar-refractivity contribution in [3.8, 4) is 0 Å². The number of morpholine rings is 1. The van der Waals surface area contributed by atoms with Crippen molar-refractivity contribution in [2.24, 2.45) is 5.92 Å². The molecule has 1 aliphatic heterocycles. The van der Waals surface area contributed by atoms with Crippen LogP contribution in [0, 0.1) is 5.92 Å². The van der Waals surface area contributed by atoms with E-state index >= 15 is 0 Å². The summed E-state index contributed by atoms with van der Waals surface area (Å²) < 4.78 is 14.4. The smallest absolute Gasteiger partial charge is 0.253 e. The molecule has 0 spiro atoms. The summed E-state index contributed by atoms with van der Waals surface area (Å²) in [7, 11) is -1.82. The monoisotopic (exact) mass is 500 g/mol. The zero-order valence-corrected chi connectivity index (χ0v) is 23.4. The lowest BCUT2D eigenvalue weighted by Crippen LogP contribution is -2.48. The highest BCUT2D eigenvalue weighted by Gasteiger charge is 2.45. The molecule has 2 fully saturated rings. The molecule has 1 saturated carbocycles. The Kier molecular flexibility index (Phi) is 7.93. The summed E-state index contributed by atoms with van der Waals surface area (Å²) in [5.41, 5.74) is 11.1. The minimum atomic E-state index is -1.82. The first-order valence-electron chi connectivity index (χ1n) is 13.4. The molecule has 4 rings (SSSR count). The highest BCUT2D eigenvalue weighted by atomic mass is 28.4. The van der Waals surface area contributed by atoms with Crippen molar-refractivity contribution >= 4 is 36.9 Å². The van der Waals surface area contributed by atoms with Crippen LogP contribution in [-0.2, 0) is 14.0 Å². The molecule has 1 amide bonds. The number of hydrogen-bond donors (Lipinski definition) is 1. The Labute approximate surface area is 211 Å². The molecule has 35 heavy (non-hydrogen) atoms. The summed E-state index contributed by atoms with van der Waals surface area (Å²) in [6, 6.07) is 6.42. The molecule has 1 saturated heterocycles. The lowest BCUT2D eigenvalue weighted by atomic mass is 9.86. The average molecular weight is 501 g/mol. The van der Waals surface area contributed by atoms with Gasteiger partial charge in [0.25, 0.3) is 5.91 Å². The van der Waals surface area contributed by atoms with Crippen molar-refractivity contribution in [2.45, 2.75) is 89.9 Å². The van der Waals surface area contributed by atoms with E-state index in [4.69, 9.17) is 14.9 Å². The van der Waals surface area contributed by atoms with Crippen LogP contribution in [0.3, 0.4) is 0 Å². The zero-order valence-electron chi connectivity index (χ0n) is 22.4. The van der Waals surface area contributed by atoms with Gasteiger partial charge in [-0.3, -0.25) is 4.79 Å². The largest absolute Gasteiger partial charge is 0.416 e. The van der Waals surface area contributed by atoms with Gasteiger partial charge in [0, 0.05) is 24.9 Å². The number of anilines is 2. The number of nitrogen functional groups attached to an aromatic ring is 1. The first-order chi connectivity index (χ1) is 16.6. The Morgan fingerprint density at radius 3 is 2.34 bits per heavy atom. The van der Waals surface area contributed by atoms with Crippen LogP contribution in [0.4, 0.5) is 11.6 Å². The van der Waals surface area contributed by atoms with Crippen LogP contribution in [0.5, 0.6) is 0 Å². The number of carbonyl (C=O) groups is 1. The molecule has 2 aliphatic rings. The summed E-state index contributed by atoms with van der Waals surface area (Å²) in [5, 5.41) is 0. The molecule has 194 valence electrons. The predicted octanol–water partition coefficient (Wildman–Crippen LogP) is 5.91. The maximum atomic E-state index is 12.3. The lowest BCUT2D eigenvalue weighted by molar-refractivity contribution is -0.125. The molecule has 2 aromatic rings. The summed E-state index contributed by atoms with van der Waals surface area (Å²) in [5.74, 6) is 1.17. The third-order valence-corrected chi connectivity index (χ3v) is 14.5. The molecule has 8 heteroatoms. The summed E-state index contributed by atoms with van der Waals surface area (Å²) in [6.45, 7) is 16.3. The second kappa shape index (κ2) is 10.6. The van der Waals surface area contributed by atoms with E-state index in [1.54, 1.807) is 4.90 Å². The van der Waals surface area contributed by atoms with E-state index in [1.165, 1.54) is 0 Å². The van der Waals surface area contributed by atoms with Crippen LogP contribution in [0.15, 0.2) is 18.2 Å². The standard InChI is InChI=1S/C27H44N4O3Si/c1-18(2)35(19(3)4,20(5)6)34-16-21-7-9-22(10-8-21)31-25-12-11-23(15-24(25)29-27(31)28)30-13-14-33-17-26(30)32/h11-12,15,18-22H,7-10,13-14,16-17H2,1-6H3,(H2,28,29). The molecule has 0 radical (unpaired) electrons. The molecule has 0 unspecified atom stereocenters. The Bertz CT molecular complexity index is 1010. The minimum Gasteiger partial charge on any atom is -0.416 e. The van der Waals surface area contributed by atoms with Crippen molar-refractivity contribution in [1.82, 2.24) is 9.55 Å². The van der Waals surface area contributed by atoms with Gasteiger partial charge in [-0.05, 0) is 66.4 Å². The summed E-state index contributed by atoms with van der Waals surface area (Å²) in [4.78, 5) is 18.7. The molecule has 7 nitrogen and oxygen atoms in total. The van der Waals surface area contributed by atoms with Crippen LogP contribution < -0.4 is 10.6 Å². The number of benzene rings is 1. The van der Waals surface area contributed by atoms with Gasteiger partial charge < -0.3 is 24.4 Å². The summed E-state index contributed by atoms with van der Waals surface area (Å²) >= 11 is 0. The first-order valence-corrected chi connectivity index (χ1v) is 15.6. The highest BCUT2D eigenvalue weighted by Crippen LogP contribution is 2.44. The number of hydrogen-bond acceptors (Lipinski definition) is 5. The quantitative estimate of drug-likeness (QED) is 0.456. The van der Waals surface area contributed by atoms with Crippen LogP contribution in [0.2, 0.25) is 16.6 Å². The Morgan fingerprint density at radius 2 is 1.74 bits per heavy atom. The number of nitrogens with zero attached hydrogens (tertiary/aromatic N) is 3. The molecule has 1 aromatic heterocycles. The third-order valence-electron chi connectivity index (χ3n) is 8.46. The number of ether oxygens (including phenoxy) is 1. The van der Waals surface area contributed by atoms with E-state index in [2.05, 4.69) is 57.2 Å². The molecule has 0 bridgehead atoms. The fourth-order valence-corrected chi connectivity index (χ4v) is 12.3. The van der Waals surface area contributed by atoms with E-state index < -0.39 is 8.32 Å². The number of amides is 1. The third kappa shape index (κ3) is 5.02. The van der Waals surface area contributed by atoms with Gasteiger partial charge >= 0.3 is 0 Å². The molecule has 1 aliphatic carbocycles. The van der Waals surface area contributed by atoms with E-state index in [-0.39, 0.29) is 12.5 Å². The van der Waals surface area contributed by atoms with E-state index in [1.807, 2.05) is 12.1 Å². The topological polar surface area (TPSA) is 82.6 Å². The van der Waals surface area contributed by atoms with Gasteiger partial charge in [-0.1, -0.05) is 41.5 Å². The van der Waals surface area contributed by atoms with Crippen molar-refractivity contribution in [2.75, 3.05) is 37.0 Å².